The molecule has 4 nitrogen and oxygen atoms in total. The highest BCUT2D eigenvalue weighted by Crippen LogP contribution is 2.17. The zero-order valence-corrected chi connectivity index (χ0v) is 9.93. The number of amides is 1. The van der Waals surface area contributed by atoms with E-state index in [1.807, 2.05) is 0 Å². The number of benzene rings is 1. The molecule has 1 aromatic heterocycles. The second-order valence-corrected chi connectivity index (χ2v) is 4.47. The predicted octanol–water partition coefficient (Wildman–Crippen LogP) is 1.93. The quantitative estimate of drug-likeness (QED) is 0.837. The SMILES string of the molecule is Nc1cc(F)c(F)cc1C(=O)NCc1cncs1. The Morgan fingerprint density at radius 3 is 2.78 bits per heavy atom. The van der Waals surface area contributed by atoms with Gasteiger partial charge in [0.1, 0.15) is 0 Å². The highest BCUT2D eigenvalue weighted by Gasteiger charge is 2.14. The standard InChI is InChI=1S/C11H9F2N3OS/c12-8-1-7(10(14)2-9(8)13)11(17)16-4-6-3-15-5-18-6/h1-3,5H,4,14H2,(H,16,17). The number of thiazole rings is 1. The van der Waals surface area contributed by atoms with E-state index >= 15 is 0 Å². The van der Waals surface area contributed by atoms with Gasteiger partial charge in [0, 0.05) is 22.8 Å². The molecule has 1 aromatic carbocycles. The van der Waals surface area contributed by atoms with Crippen LogP contribution in [-0.4, -0.2) is 10.9 Å². The summed E-state index contributed by atoms with van der Waals surface area (Å²) in [5.74, 6) is -2.74. The number of anilines is 1. The van der Waals surface area contributed by atoms with Crippen LogP contribution in [0.15, 0.2) is 23.8 Å². The first kappa shape index (κ1) is 12.4. The normalized spacial score (nSPS) is 10.3. The summed E-state index contributed by atoms with van der Waals surface area (Å²) < 4.78 is 25.9. The van der Waals surface area contributed by atoms with Gasteiger partial charge in [0.25, 0.3) is 5.91 Å². The number of hydrogen-bond acceptors (Lipinski definition) is 4. The molecule has 2 rings (SSSR count). The third-order valence-electron chi connectivity index (χ3n) is 2.24. The molecule has 0 atom stereocenters. The third-order valence-corrected chi connectivity index (χ3v) is 3.02. The molecule has 0 bridgehead atoms. The number of nitrogen functional groups attached to an aromatic ring is 1. The summed E-state index contributed by atoms with van der Waals surface area (Å²) in [5.41, 5.74) is 6.91. The van der Waals surface area contributed by atoms with E-state index in [2.05, 4.69) is 10.3 Å². The lowest BCUT2D eigenvalue weighted by Gasteiger charge is -2.07. The fourth-order valence-electron chi connectivity index (χ4n) is 1.35. The first-order valence-corrected chi connectivity index (χ1v) is 5.86. The summed E-state index contributed by atoms with van der Waals surface area (Å²) in [5, 5.41) is 2.55. The Bertz CT molecular complexity index is 572. The van der Waals surface area contributed by atoms with Crippen LogP contribution in [-0.2, 0) is 6.54 Å². The van der Waals surface area contributed by atoms with Crippen LogP contribution < -0.4 is 11.1 Å². The maximum absolute atomic E-state index is 13.0. The molecule has 0 spiro atoms. The lowest BCUT2D eigenvalue weighted by atomic mass is 10.1. The number of carbonyl (C=O) groups excluding carboxylic acids is 1. The van der Waals surface area contributed by atoms with Gasteiger partial charge in [-0.25, -0.2) is 8.78 Å². The first-order valence-electron chi connectivity index (χ1n) is 4.98. The van der Waals surface area contributed by atoms with Gasteiger partial charge >= 0.3 is 0 Å². The zero-order chi connectivity index (χ0) is 13.1. The Hall–Kier alpha value is -2.02. The summed E-state index contributed by atoms with van der Waals surface area (Å²) in [6.45, 7) is 0.266. The van der Waals surface area contributed by atoms with Crippen molar-refractivity contribution in [2.45, 2.75) is 6.54 Å². The highest BCUT2D eigenvalue weighted by molar-refractivity contribution is 7.09. The average Bonchev–Trinajstić information content (AvgIpc) is 2.84. The molecule has 94 valence electrons. The van der Waals surface area contributed by atoms with Crippen LogP contribution in [0.25, 0.3) is 0 Å². The average molecular weight is 269 g/mol. The van der Waals surface area contributed by atoms with Crippen LogP contribution >= 0.6 is 11.3 Å². The largest absolute Gasteiger partial charge is 0.398 e. The van der Waals surface area contributed by atoms with Crippen molar-refractivity contribution in [3.8, 4) is 0 Å². The maximum atomic E-state index is 13.0. The molecule has 3 N–H and O–H groups in total. The van der Waals surface area contributed by atoms with Gasteiger partial charge in [0.2, 0.25) is 0 Å². The van der Waals surface area contributed by atoms with Crippen LogP contribution in [0.4, 0.5) is 14.5 Å². The Kier molecular flexibility index (Phi) is 3.52. The van der Waals surface area contributed by atoms with Crippen molar-refractivity contribution in [1.82, 2.24) is 10.3 Å². The van der Waals surface area contributed by atoms with E-state index in [1.165, 1.54) is 11.3 Å². The molecule has 0 aliphatic rings. The van der Waals surface area contributed by atoms with Gasteiger partial charge in [-0.15, -0.1) is 11.3 Å². The van der Waals surface area contributed by atoms with E-state index in [1.54, 1.807) is 11.7 Å². The lowest BCUT2D eigenvalue weighted by Crippen LogP contribution is -2.23. The fourth-order valence-corrected chi connectivity index (χ4v) is 1.89. The third kappa shape index (κ3) is 2.62. The van der Waals surface area contributed by atoms with Gasteiger partial charge < -0.3 is 11.1 Å². The number of nitrogens with zero attached hydrogens (tertiary/aromatic N) is 1. The van der Waals surface area contributed by atoms with E-state index in [4.69, 9.17) is 5.73 Å². The van der Waals surface area contributed by atoms with Crippen molar-refractivity contribution in [2.75, 3.05) is 5.73 Å². The molecular formula is C11H9F2N3OS. The molecule has 1 amide bonds. The topological polar surface area (TPSA) is 68.0 Å². The van der Waals surface area contributed by atoms with Crippen molar-refractivity contribution in [1.29, 1.82) is 0 Å². The van der Waals surface area contributed by atoms with Gasteiger partial charge in [0.15, 0.2) is 11.6 Å². The molecule has 0 saturated carbocycles. The Labute approximate surface area is 105 Å². The molecule has 18 heavy (non-hydrogen) atoms. The lowest BCUT2D eigenvalue weighted by molar-refractivity contribution is 0.0951. The molecular weight excluding hydrogens is 260 g/mol. The summed E-state index contributed by atoms with van der Waals surface area (Å²) in [6.07, 6.45) is 1.61. The number of carbonyl (C=O) groups is 1. The van der Waals surface area contributed by atoms with Gasteiger partial charge in [0.05, 0.1) is 17.6 Å². The summed E-state index contributed by atoms with van der Waals surface area (Å²) in [4.78, 5) is 16.4. The minimum absolute atomic E-state index is 0.0848. The zero-order valence-electron chi connectivity index (χ0n) is 9.11. The van der Waals surface area contributed by atoms with Crippen LogP contribution in [0.5, 0.6) is 0 Å². The van der Waals surface area contributed by atoms with Gasteiger partial charge in [-0.05, 0) is 6.07 Å². The highest BCUT2D eigenvalue weighted by atomic mass is 32.1. The number of rotatable bonds is 3. The second kappa shape index (κ2) is 5.09. The molecule has 2 aromatic rings. The smallest absolute Gasteiger partial charge is 0.253 e. The van der Waals surface area contributed by atoms with Crippen LogP contribution in [0, 0.1) is 11.6 Å². The van der Waals surface area contributed by atoms with E-state index < -0.39 is 17.5 Å². The van der Waals surface area contributed by atoms with E-state index in [-0.39, 0.29) is 17.8 Å². The van der Waals surface area contributed by atoms with Crippen LogP contribution in [0.1, 0.15) is 15.2 Å². The van der Waals surface area contributed by atoms with Crippen molar-refractivity contribution >= 4 is 22.9 Å². The number of halogens is 2. The van der Waals surface area contributed by atoms with Crippen LogP contribution in [0.2, 0.25) is 0 Å². The summed E-state index contributed by atoms with van der Waals surface area (Å²) >= 11 is 1.38. The van der Waals surface area contributed by atoms with Crippen molar-refractivity contribution in [2.24, 2.45) is 0 Å². The summed E-state index contributed by atoms with van der Waals surface area (Å²) in [6, 6.07) is 1.57. The number of hydrogen-bond donors (Lipinski definition) is 2. The number of nitrogens with two attached hydrogens (primary N) is 1. The van der Waals surface area contributed by atoms with Crippen molar-refractivity contribution in [3.05, 3.63) is 45.9 Å². The minimum atomic E-state index is -1.10. The first-order chi connectivity index (χ1) is 8.58. The predicted molar refractivity (Wildman–Crippen MR) is 64.1 cm³/mol. The Morgan fingerprint density at radius 1 is 1.39 bits per heavy atom. The van der Waals surface area contributed by atoms with Crippen LogP contribution in [0.3, 0.4) is 0 Å². The van der Waals surface area contributed by atoms with Gasteiger partial charge in [-0.1, -0.05) is 0 Å². The van der Waals surface area contributed by atoms with E-state index in [0.29, 0.717) is 0 Å². The molecule has 0 radical (unpaired) electrons. The molecule has 0 saturated heterocycles. The monoisotopic (exact) mass is 269 g/mol. The number of aromatic nitrogens is 1. The maximum Gasteiger partial charge on any atom is 0.253 e. The van der Waals surface area contributed by atoms with Gasteiger partial charge in [-0.3, -0.25) is 9.78 Å². The van der Waals surface area contributed by atoms with Gasteiger partial charge in [-0.2, -0.15) is 0 Å². The summed E-state index contributed by atoms with van der Waals surface area (Å²) in [7, 11) is 0. The van der Waals surface area contributed by atoms with E-state index in [9.17, 15) is 13.6 Å². The second-order valence-electron chi connectivity index (χ2n) is 3.50. The van der Waals surface area contributed by atoms with Crippen molar-refractivity contribution in [3.63, 3.8) is 0 Å². The Balaban J connectivity index is 2.11. The van der Waals surface area contributed by atoms with Crippen molar-refractivity contribution < 1.29 is 13.6 Å². The molecule has 0 fully saturated rings. The molecule has 0 aliphatic carbocycles. The van der Waals surface area contributed by atoms with E-state index in [0.717, 1.165) is 17.0 Å². The minimum Gasteiger partial charge on any atom is -0.398 e. The molecule has 0 unspecified atom stereocenters. The molecule has 7 heteroatoms. The molecule has 0 aliphatic heterocycles. The number of nitrogens with one attached hydrogen (secondary N) is 1. The fraction of sp³-hybridized carbons (Fsp3) is 0.0909. The Morgan fingerprint density at radius 2 is 2.11 bits per heavy atom. The molecule has 1 heterocycles.